The van der Waals surface area contributed by atoms with Crippen molar-refractivity contribution in [3.63, 3.8) is 0 Å². The molecule has 8 nitrogen and oxygen atoms in total. The van der Waals surface area contributed by atoms with Crippen LogP contribution in [0, 0.1) is 5.82 Å². The molecule has 170 valence electrons. The Hall–Kier alpha value is -4.66. The first-order chi connectivity index (χ1) is 16.5. The molecule has 0 saturated carbocycles. The Balaban J connectivity index is 1.44. The van der Waals surface area contributed by atoms with E-state index in [1.165, 1.54) is 12.1 Å². The topological polar surface area (TPSA) is 94.5 Å². The van der Waals surface area contributed by atoms with E-state index < -0.39 is 6.09 Å². The number of fused-ring (bicyclic) bond motifs is 1. The number of hydrogen-bond acceptors (Lipinski definition) is 5. The first-order valence-corrected chi connectivity index (χ1v) is 10.5. The van der Waals surface area contributed by atoms with Crippen molar-refractivity contribution in [1.29, 1.82) is 0 Å². The lowest BCUT2D eigenvalue weighted by atomic mass is 10.1. The van der Waals surface area contributed by atoms with Crippen LogP contribution in [0.3, 0.4) is 0 Å². The van der Waals surface area contributed by atoms with Gasteiger partial charge in [0.25, 0.3) is 5.91 Å². The van der Waals surface area contributed by atoms with Crippen LogP contribution in [0.5, 0.6) is 5.75 Å². The number of carbonyl (C=O) groups excluding carboxylic acids is 2. The molecule has 2 amide bonds. The van der Waals surface area contributed by atoms with E-state index in [0.717, 1.165) is 5.56 Å². The fourth-order valence-electron chi connectivity index (χ4n) is 3.53. The third-order valence-corrected chi connectivity index (χ3v) is 5.13. The highest BCUT2D eigenvalue weighted by Gasteiger charge is 2.19. The van der Waals surface area contributed by atoms with Gasteiger partial charge in [-0.1, -0.05) is 30.3 Å². The van der Waals surface area contributed by atoms with Gasteiger partial charge < -0.3 is 14.8 Å². The molecule has 2 heterocycles. The molecule has 0 fully saturated rings. The molecular formula is C25H19FN4O4. The number of halogens is 1. The summed E-state index contributed by atoms with van der Waals surface area (Å²) in [4.78, 5) is 24.1. The van der Waals surface area contributed by atoms with Gasteiger partial charge in [-0.2, -0.15) is 0 Å². The van der Waals surface area contributed by atoms with Gasteiger partial charge in [-0.15, -0.1) is 5.10 Å². The summed E-state index contributed by atoms with van der Waals surface area (Å²) in [5.74, 6) is 0.170. The number of carbonyl (C=O) groups is 2. The predicted octanol–water partition coefficient (Wildman–Crippen LogP) is 4.76. The van der Waals surface area contributed by atoms with E-state index in [-0.39, 0.29) is 30.8 Å². The quantitative estimate of drug-likeness (QED) is 0.450. The fourth-order valence-corrected chi connectivity index (χ4v) is 3.53. The van der Waals surface area contributed by atoms with Crippen LogP contribution in [0.4, 0.5) is 20.7 Å². The van der Waals surface area contributed by atoms with Crippen LogP contribution in [0.25, 0.3) is 16.9 Å². The molecule has 0 aliphatic carbocycles. The van der Waals surface area contributed by atoms with Gasteiger partial charge in [-0.05, 0) is 48.0 Å². The average molecular weight is 458 g/mol. The van der Waals surface area contributed by atoms with Gasteiger partial charge in [0.1, 0.15) is 18.2 Å². The van der Waals surface area contributed by atoms with Gasteiger partial charge in [0.2, 0.25) is 0 Å². The molecule has 1 aromatic heterocycles. The SMILES string of the molecule is O=C1COc2ccc(-c3cc(NC(=O)OCc4ccccc4)nn3-c3ccc(F)cc3)cc2N1. The summed E-state index contributed by atoms with van der Waals surface area (Å²) in [6, 6.07) is 22.1. The zero-order valence-electron chi connectivity index (χ0n) is 17.8. The zero-order chi connectivity index (χ0) is 23.5. The summed E-state index contributed by atoms with van der Waals surface area (Å²) in [6.45, 7) is 0.0712. The summed E-state index contributed by atoms with van der Waals surface area (Å²) in [5, 5.41) is 9.88. The number of anilines is 2. The summed E-state index contributed by atoms with van der Waals surface area (Å²) in [5.41, 5.74) is 3.27. The van der Waals surface area contributed by atoms with Crippen molar-refractivity contribution in [3.05, 3.63) is 90.2 Å². The molecule has 0 radical (unpaired) electrons. The Bertz CT molecular complexity index is 1350. The van der Waals surface area contributed by atoms with E-state index in [0.29, 0.717) is 28.4 Å². The molecule has 3 aromatic carbocycles. The minimum Gasteiger partial charge on any atom is -0.482 e. The molecule has 34 heavy (non-hydrogen) atoms. The Morgan fingerprint density at radius 2 is 1.88 bits per heavy atom. The Morgan fingerprint density at radius 1 is 1.09 bits per heavy atom. The minimum absolute atomic E-state index is 0.0426. The molecule has 2 N–H and O–H groups in total. The Labute approximate surface area is 193 Å². The monoisotopic (exact) mass is 458 g/mol. The van der Waals surface area contributed by atoms with Crippen LogP contribution in [0.15, 0.2) is 78.9 Å². The number of amides is 2. The van der Waals surface area contributed by atoms with Gasteiger partial charge in [0.15, 0.2) is 12.4 Å². The van der Waals surface area contributed by atoms with Crippen molar-refractivity contribution < 1.29 is 23.5 Å². The highest BCUT2D eigenvalue weighted by molar-refractivity contribution is 5.96. The molecule has 0 atom stereocenters. The molecule has 0 unspecified atom stereocenters. The van der Waals surface area contributed by atoms with E-state index in [9.17, 15) is 14.0 Å². The van der Waals surface area contributed by atoms with E-state index in [2.05, 4.69) is 15.7 Å². The summed E-state index contributed by atoms with van der Waals surface area (Å²) >= 11 is 0. The maximum Gasteiger partial charge on any atom is 0.413 e. The van der Waals surface area contributed by atoms with Crippen molar-refractivity contribution in [3.8, 4) is 22.7 Å². The van der Waals surface area contributed by atoms with Crippen LogP contribution in [-0.2, 0) is 16.1 Å². The van der Waals surface area contributed by atoms with Crippen LogP contribution in [0.2, 0.25) is 0 Å². The van der Waals surface area contributed by atoms with Crippen molar-refractivity contribution in [2.75, 3.05) is 17.2 Å². The third-order valence-electron chi connectivity index (χ3n) is 5.13. The van der Waals surface area contributed by atoms with Crippen LogP contribution in [-0.4, -0.2) is 28.4 Å². The predicted molar refractivity (Wildman–Crippen MR) is 123 cm³/mol. The molecule has 1 aliphatic rings. The fraction of sp³-hybridized carbons (Fsp3) is 0.0800. The lowest BCUT2D eigenvalue weighted by Crippen LogP contribution is -2.25. The highest BCUT2D eigenvalue weighted by Crippen LogP contribution is 2.34. The molecule has 0 saturated heterocycles. The standard InChI is InChI=1S/C25H19FN4O4/c26-18-7-9-19(10-8-18)30-21(17-6-11-22-20(12-17)27-24(31)15-33-22)13-23(29-30)28-25(32)34-14-16-4-2-1-3-5-16/h1-13H,14-15H2,(H,27,31)(H,28,29,32). The molecular weight excluding hydrogens is 439 g/mol. The maximum atomic E-state index is 13.5. The number of rotatable bonds is 5. The number of nitrogens with zero attached hydrogens (tertiary/aromatic N) is 2. The number of ether oxygens (including phenoxy) is 2. The summed E-state index contributed by atoms with van der Waals surface area (Å²) in [6.07, 6.45) is -0.662. The van der Waals surface area contributed by atoms with E-state index in [1.54, 1.807) is 35.0 Å². The van der Waals surface area contributed by atoms with E-state index in [4.69, 9.17) is 9.47 Å². The average Bonchev–Trinajstić information content (AvgIpc) is 3.27. The normalized spacial score (nSPS) is 12.3. The van der Waals surface area contributed by atoms with Crippen molar-refractivity contribution >= 4 is 23.5 Å². The molecule has 1 aliphatic heterocycles. The number of aromatic nitrogens is 2. The molecule has 0 spiro atoms. The minimum atomic E-state index is -0.662. The zero-order valence-corrected chi connectivity index (χ0v) is 17.8. The Kier molecular flexibility index (Phi) is 5.65. The molecule has 4 aromatic rings. The third kappa shape index (κ3) is 4.58. The lowest BCUT2D eigenvalue weighted by Gasteiger charge is -2.18. The van der Waals surface area contributed by atoms with E-state index in [1.807, 2.05) is 36.4 Å². The van der Waals surface area contributed by atoms with Crippen LogP contribution in [0.1, 0.15) is 5.56 Å². The largest absolute Gasteiger partial charge is 0.482 e. The van der Waals surface area contributed by atoms with Crippen LogP contribution < -0.4 is 15.4 Å². The van der Waals surface area contributed by atoms with Gasteiger partial charge in [-0.25, -0.2) is 13.9 Å². The van der Waals surface area contributed by atoms with E-state index >= 15 is 0 Å². The molecule has 9 heteroatoms. The van der Waals surface area contributed by atoms with Crippen LogP contribution >= 0.6 is 0 Å². The Morgan fingerprint density at radius 3 is 2.68 bits per heavy atom. The van der Waals surface area contributed by atoms with Crippen molar-refractivity contribution in [2.24, 2.45) is 0 Å². The first kappa shape index (κ1) is 21.2. The van der Waals surface area contributed by atoms with Gasteiger partial charge in [-0.3, -0.25) is 10.1 Å². The van der Waals surface area contributed by atoms with Crippen molar-refractivity contribution in [2.45, 2.75) is 6.61 Å². The molecule has 0 bridgehead atoms. The van der Waals surface area contributed by atoms with Gasteiger partial charge in [0.05, 0.1) is 17.1 Å². The van der Waals surface area contributed by atoms with Crippen molar-refractivity contribution in [1.82, 2.24) is 9.78 Å². The first-order valence-electron chi connectivity index (χ1n) is 10.5. The summed E-state index contributed by atoms with van der Waals surface area (Å²) < 4.78 is 25.8. The van der Waals surface area contributed by atoms with Gasteiger partial charge in [0, 0.05) is 11.6 Å². The second kappa shape index (κ2) is 9.07. The number of benzene rings is 3. The lowest BCUT2D eigenvalue weighted by molar-refractivity contribution is -0.118. The summed E-state index contributed by atoms with van der Waals surface area (Å²) in [7, 11) is 0. The second-order valence-corrected chi connectivity index (χ2v) is 7.54. The smallest absolute Gasteiger partial charge is 0.413 e. The second-order valence-electron chi connectivity index (χ2n) is 7.54. The highest BCUT2D eigenvalue weighted by atomic mass is 19.1. The maximum absolute atomic E-state index is 13.5. The molecule has 5 rings (SSSR count). The number of nitrogens with one attached hydrogen (secondary N) is 2. The van der Waals surface area contributed by atoms with Gasteiger partial charge >= 0.3 is 6.09 Å². The number of hydrogen-bond donors (Lipinski definition) is 2.